The molecule has 1 aliphatic heterocycles. The van der Waals surface area contributed by atoms with Gasteiger partial charge in [0.05, 0.1) is 0 Å². The number of hydrogen-bond donors (Lipinski definition) is 5. The standard InChI is InChI=1S/C20H26N2O7S2/c23-16-7-5-12(11-14(16)19(26)27)21-18(25)8-6-15(20(28)29)22-17(24)4-2-1-3-13-9-10-30-31-13/h5,7,11,13,15,23H,1-4,6,8-10H2,(H,21,25)(H,22,24)(H,26,27)(H,28,29). The Morgan fingerprint density at radius 3 is 2.52 bits per heavy atom. The van der Waals surface area contributed by atoms with Crippen LogP contribution < -0.4 is 10.6 Å². The van der Waals surface area contributed by atoms with Crippen LogP contribution in [0, 0.1) is 0 Å². The van der Waals surface area contributed by atoms with E-state index in [2.05, 4.69) is 10.6 Å². The molecule has 2 amide bonds. The number of aromatic carboxylic acids is 1. The van der Waals surface area contributed by atoms with Crippen molar-refractivity contribution in [3.05, 3.63) is 23.8 Å². The molecule has 2 rings (SSSR count). The lowest BCUT2D eigenvalue weighted by molar-refractivity contribution is -0.142. The molecule has 11 heteroatoms. The maximum absolute atomic E-state index is 12.1. The van der Waals surface area contributed by atoms with Gasteiger partial charge in [-0.2, -0.15) is 0 Å². The number of rotatable bonds is 12. The summed E-state index contributed by atoms with van der Waals surface area (Å²) in [5, 5.41) is 33.4. The van der Waals surface area contributed by atoms with Crippen molar-refractivity contribution in [2.75, 3.05) is 11.1 Å². The number of aliphatic carboxylic acids is 1. The van der Waals surface area contributed by atoms with Gasteiger partial charge in [-0.1, -0.05) is 28.0 Å². The molecule has 1 saturated heterocycles. The second kappa shape index (κ2) is 12.5. The summed E-state index contributed by atoms with van der Waals surface area (Å²) >= 11 is 0. The van der Waals surface area contributed by atoms with Gasteiger partial charge in [0.15, 0.2) is 0 Å². The normalized spacial score (nSPS) is 16.5. The van der Waals surface area contributed by atoms with Gasteiger partial charge in [-0.3, -0.25) is 9.59 Å². The van der Waals surface area contributed by atoms with Crippen LogP contribution in [0.2, 0.25) is 0 Å². The number of phenols is 1. The van der Waals surface area contributed by atoms with E-state index >= 15 is 0 Å². The van der Waals surface area contributed by atoms with Crippen molar-refractivity contribution in [3.63, 3.8) is 0 Å². The molecule has 2 atom stereocenters. The van der Waals surface area contributed by atoms with Crippen LogP contribution in [0.25, 0.3) is 0 Å². The van der Waals surface area contributed by atoms with Gasteiger partial charge in [-0.15, -0.1) is 0 Å². The molecule has 1 fully saturated rings. The molecule has 170 valence electrons. The van der Waals surface area contributed by atoms with Crippen LogP contribution in [0.4, 0.5) is 5.69 Å². The SMILES string of the molecule is O=C(CCC(NC(=O)CCCCC1CCSS1)C(=O)O)Nc1ccc(O)c(C(=O)O)c1. The fourth-order valence-electron chi connectivity index (χ4n) is 3.03. The van der Waals surface area contributed by atoms with Gasteiger partial charge >= 0.3 is 11.9 Å². The zero-order valence-corrected chi connectivity index (χ0v) is 18.5. The Morgan fingerprint density at radius 1 is 1.10 bits per heavy atom. The van der Waals surface area contributed by atoms with Crippen molar-refractivity contribution in [1.82, 2.24) is 5.32 Å². The van der Waals surface area contributed by atoms with Gasteiger partial charge in [0.2, 0.25) is 11.8 Å². The van der Waals surface area contributed by atoms with Gasteiger partial charge in [0, 0.05) is 29.5 Å². The number of benzene rings is 1. The third-order valence-corrected chi connectivity index (χ3v) is 7.72. The van der Waals surface area contributed by atoms with Gasteiger partial charge in [-0.05, 0) is 43.9 Å². The van der Waals surface area contributed by atoms with Crippen LogP contribution in [0.5, 0.6) is 5.75 Å². The first-order valence-corrected chi connectivity index (χ1v) is 12.3. The summed E-state index contributed by atoms with van der Waals surface area (Å²) in [6.45, 7) is 0. The highest BCUT2D eigenvalue weighted by atomic mass is 33.1. The molecule has 2 unspecified atom stereocenters. The Morgan fingerprint density at radius 2 is 1.87 bits per heavy atom. The molecule has 0 bridgehead atoms. The number of nitrogens with one attached hydrogen (secondary N) is 2. The summed E-state index contributed by atoms with van der Waals surface area (Å²) in [5.74, 6) is -2.72. The van der Waals surface area contributed by atoms with E-state index in [1.165, 1.54) is 12.5 Å². The second-order valence-corrected chi connectivity index (χ2v) is 9.94. The third kappa shape index (κ3) is 8.70. The van der Waals surface area contributed by atoms with Crippen LogP contribution in [0.3, 0.4) is 0 Å². The lowest BCUT2D eigenvalue weighted by Gasteiger charge is -2.15. The average Bonchev–Trinajstić information content (AvgIpc) is 3.23. The van der Waals surface area contributed by atoms with Crippen molar-refractivity contribution < 1.29 is 34.5 Å². The number of unbranched alkanes of at least 4 members (excludes halogenated alkanes) is 1. The Labute approximate surface area is 187 Å². The zero-order chi connectivity index (χ0) is 22.8. The highest BCUT2D eigenvalue weighted by Gasteiger charge is 2.21. The quantitative estimate of drug-likeness (QED) is 0.176. The molecule has 0 aliphatic carbocycles. The smallest absolute Gasteiger partial charge is 0.339 e. The van der Waals surface area contributed by atoms with Crippen molar-refractivity contribution in [2.45, 2.75) is 56.2 Å². The highest BCUT2D eigenvalue weighted by Crippen LogP contribution is 2.39. The summed E-state index contributed by atoms with van der Waals surface area (Å²) in [6.07, 6.45) is 3.79. The lowest BCUT2D eigenvalue weighted by Crippen LogP contribution is -2.41. The number of anilines is 1. The molecular weight excluding hydrogens is 444 g/mol. The predicted octanol–water partition coefficient (Wildman–Crippen LogP) is 3.09. The Bertz CT molecular complexity index is 813. The Hall–Kier alpha value is -2.40. The maximum atomic E-state index is 12.1. The summed E-state index contributed by atoms with van der Waals surface area (Å²) in [4.78, 5) is 46.6. The molecule has 31 heavy (non-hydrogen) atoms. The molecule has 0 spiro atoms. The highest BCUT2D eigenvalue weighted by molar-refractivity contribution is 8.77. The average molecular weight is 471 g/mol. The second-order valence-electron chi connectivity index (χ2n) is 7.16. The molecule has 0 saturated carbocycles. The minimum absolute atomic E-state index is 0.104. The monoisotopic (exact) mass is 470 g/mol. The molecule has 1 aliphatic rings. The molecule has 0 radical (unpaired) electrons. The van der Waals surface area contributed by atoms with E-state index in [0.29, 0.717) is 11.7 Å². The third-order valence-electron chi connectivity index (χ3n) is 4.71. The van der Waals surface area contributed by atoms with Crippen LogP contribution in [-0.4, -0.2) is 56.1 Å². The molecule has 5 N–H and O–H groups in total. The van der Waals surface area contributed by atoms with Crippen LogP contribution in [-0.2, 0) is 14.4 Å². The van der Waals surface area contributed by atoms with E-state index in [4.69, 9.17) is 5.11 Å². The van der Waals surface area contributed by atoms with Crippen LogP contribution >= 0.6 is 21.6 Å². The van der Waals surface area contributed by atoms with Crippen molar-refractivity contribution in [1.29, 1.82) is 0 Å². The minimum Gasteiger partial charge on any atom is -0.507 e. The fourth-order valence-corrected chi connectivity index (χ4v) is 6.06. The first kappa shape index (κ1) is 24.9. The summed E-state index contributed by atoms with van der Waals surface area (Å²) < 4.78 is 0. The Balaban J connectivity index is 1.74. The zero-order valence-electron chi connectivity index (χ0n) is 16.8. The Kier molecular flexibility index (Phi) is 9.99. The molecule has 0 aromatic heterocycles. The van der Waals surface area contributed by atoms with Gasteiger partial charge in [0.1, 0.15) is 17.4 Å². The van der Waals surface area contributed by atoms with Gasteiger partial charge in [0.25, 0.3) is 0 Å². The van der Waals surface area contributed by atoms with E-state index < -0.39 is 29.6 Å². The van der Waals surface area contributed by atoms with Crippen molar-refractivity contribution >= 4 is 51.0 Å². The summed E-state index contributed by atoms with van der Waals surface area (Å²) in [7, 11) is 3.76. The van der Waals surface area contributed by atoms with E-state index in [-0.39, 0.29) is 36.4 Å². The molecular formula is C20H26N2O7S2. The topological polar surface area (TPSA) is 153 Å². The van der Waals surface area contributed by atoms with Crippen LogP contribution in [0.1, 0.15) is 55.3 Å². The minimum atomic E-state index is -1.34. The van der Waals surface area contributed by atoms with E-state index in [0.717, 1.165) is 30.7 Å². The molecule has 1 heterocycles. The number of aromatic hydroxyl groups is 1. The van der Waals surface area contributed by atoms with Crippen molar-refractivity contribution in [2.24, 2.45) is 0 Å². The van der Waals surface area contributed by atoms with E-state index in [9.17, 15) is 29.4 Å². The molecule has 1 aromatic rings. The first-order chi connectivity index (χ1) is 14.8. The number of carboxylic acid groups (broad SMARTS) is 2. The number of hydrogen-bond acceptors (Lipinski definition) is 7. The summed E-state index contributed by atoms with van der Waals surface area (Å²) in [6, 6.07) is 2.39. The number of carbonyl (C=O) groups is 4. The number of amides is 2. The van der Waals surface area contributed by atoms with Gasteiger partial charge < -0.3 is 26.0 Å². The maximum Gasteiger partial charge on any atom is 0.339 e. The largest absolute Gasteiger partial charge is 0.507 e. The molecule has 9 nitrogen and oxygen atoms in total. The lowest BCUT2D eigenvalue weighted by atomic mass is 10.1. The van der Waals surface area contributed by atoms with Crippen LogP contribution in [0.15, 0.2) is 18.2 Å². The number of carboxylic acids is 2. The fraction of sp³-hybridized carbons (Fsp3) is 0.500. The number of carbonyl (C=O) groups excluding carboxylic acids is 2. The van der Waals surface area contributed by atoms with Gasteiger partial charge in [-0.25, -0.2) is 9.59 Å². The van der Waals surface area contributed by atoms with Crippen molar-refractivity contribution in [3.8, 4) is 5.75 Å². The first-order valence-electron chi connectivity index (χ1n) is 9.93. The molecule has 1 aromatic carbocycles. The van der Waals surface area contributed by atoms with E-state index in [1.54, 1.807) is 0 Å². The van der Waals surface area contributed by atoms with E-state index in [1.807, 2.05) is 21.6 Å². The summed E-state index contributed by atoms with van der Waals surface area (Å²) in [5.41, 5.74) is -0.200. The predicted molar refractivity (Wildman–Crippen MR) is 119 cm³/mol.